The maximum atomic E-state index is 12.8. The Balaban J connectivity index is 1.40. The highest BCUT2D eigenvalue weighted by Gasteiger charge is 2.60. The molecule has 9 unspecified atom stereocenters. The first-order valence-electron chi connectivity index (χ1n) is 15.6. The summed E-state index contributed by atoms with van der Waals surface area (Å²) in [4.78, 5) is 12.8. The van der Waals surface area contributed by atoms with Crippen LogP contribution in [0.2, 0.25) is 0 Å². The summed E-state index contributed by atoms with van der Waals surface area (Å²) in [5.74, 6) is 6.26. The molecular formula is C33H58O2. The second kappa shape index (κ2) is 10.3. The minimum absolute atomic E-state index is 0.0234. The van der Waals surface area contributed by atoms with Crippen molar-refractivity contribution in [3.63, 3.8) is 0 Å². The van der Waals surface area contributed by atoms with Crippen LogP contribution in [0.15, 0.2) is 0 Å². The van der Waals surface area contributed by atoms with Gasteiger partial charge in [-0.25, -0.2) is 0 Å². The number of hydrogen-bond acceptors (Lipinski definition) is 2. The highest BCUT2D eigenvalue weighted by molar-refractivity contribution is 5.76. The fourth-order valence-corrected chi connectivity index (χ4v) is 9.81. The molecule has 9 atom stereocenters. The molecule has 0 aromatic rings. The van der Waals surface area contributed by atoms with Crippen LogP contribution in [0.5, 0.6) is 0 Å². The van der Waals surface area contributed by atoms with Crippen LogP contribution in [-0.2, 0) is 9.53 Å². The van der Waals surface area contributed by atoms with Gasteiger partial charge in [0.2, 0.25) is 0 Å². The number of carbonyl (C=O) groups excluding carboxylic acids is 1. The second-order valence-corrected chi connectivity index (χ2v) is 15.2. The number of carbonyl (C=O) groups is 1. The van der Waals surface area contributed by atoms with Gasteiger partial charge in [-0.1, -0.05) is 60.8 Å². The first-order valence-corrected chi connectivity index (χ1v) is 15.6. The molecule has 4 fully saturated rings. The minimum atomic E-state index is -0.350. The summed E-state index contributed by atoms with van der Waals surface area (Å²) in [6.45, 7) is 18.9. The van der Waals surface area contributed by atoms with Crippen LogP contribution in [0.1, 0.15) is 139 Å². The molecule has 4 aliphatic rings. The van der Waals surface area contributed by atoms with Gasteiger partial charge in [0.25, 0.3) is 0 Å². The van der Waals surface area contributed by atoms with Crippen LogP contribution < -0.4 is 0 Å². The van der Waals surface area contributed by atoms with Crippen molar-refractivity contribution in [3.05, 3.63) is 0 Å². The maximum Gasteiger partial charge on any atom is 0.311 e. The van der Waals surface area contributed by atoms with Crippen molar-refractivity contribution >= 4 is 5.97 Å². The topological polar surface area (TPSA) is 26.3 Å². The molecule has 2 heteroatoms. The standard InChI is InChI=1S/C33H58O2/c1-9-31(5,6)30(34)35-25-17-19-32(7)24(21-25)13-14-26-28-16-15-27(23(4)12-10-11-22(2)3)33(28,8)20-18-29(26)32/h22-29H,9-21H2,1-8H3. The Bertz CT molecular complexity index is 739. The highest BCUT2D eigenvalue weighted by atomic mass is 16.5. The summed E-state index contributed by atoms with van der Waals surface area (Å²) >= 11 is 0. The Morgan fingerprint density at radius 3 is 2.29 bits per heavy atom. The Hall–Kier alpha value is -0.530. The van der Waals surface area contributed by atoms with Crippen LogP contribution in [-0.4, -0.2) is 12.1 Å². The fourth-order valence-electron chi connectivity index (χ4n) is 9.81. The number of fused-ring (bicyclic) bond motifs is 5. The molecule has 0 aromatic carbocycles. The SMILES string of the molecule is CCC(C)(C)C(=O)OC1CCC2(C)C(CCC3C2CCC2(C)C(C(C)CCCC(C)C)CCC32)C1. The molecule has 0 amide bonds. The Kier molecular flexibility index (Phi) is 8.11. The first kappa shape index (κ1) is 27.5. The molecule has 2 nitrogen and oxygen atoms in total. The third-order valence-electron chi connectivity index (χ3n) is 12.5. The van der Waals surface area contributed by atoms with Crippen molar-refractivity contribution in [1.82, 2.24) is 0 Å². The van der Waals surface area contributed by atoms with E-state index in [1.165, 1.54) is 64.2 Å². The molecule has 0 N–H and O–H groups in total. The summed E-state index contributed by atoms with van der Waals surface area (Å²) in [6, 6.07) is 0. The molecule has 0 heterocycles. The number of rotatable bonds is 8. The zero-order chi connectivity index (χ0) is 25.6. The van der Waals surface area contributed by atoms with Crippen molar-refractivity contribution in [3.8, 4) is 0 Å². The summed E-state index contributed by atoms with van der Waals surface area (Å²) in [6.07, 6.45) is 17.4. The molecule has 4 aliphatic carbocycles. The third-order valence-corrected chi connectivity index (χ3v) is 12.5. The molecule has 0 aromatic heterocycles. The van der Waals surface area contributed by atoms with E-state index in [4.69, 9.17) is 4.74 Å². The summed E-state index contributed by atoms with van der Waals surface area (Å²) < 4.78 is 6.11. The van der Waals surface area contributed by atoms with Gasteiger partial charge >= 0.3 is 5.97 Å². The van der Waals surface area contributed by atoms with Crippen molar-refractivity contribution < 1.29 is 9.53 Å². The van der Waals surface area contributed by atoms with Gasteiger partial charge in [-0.3, -0.25) is 4.79 Å². The Labute approximate surface area is 218 Å². The van der Waals surface area contributed by atoms with Gasteiger partial charge < -0.3 is 4.74 Å². The van der Waals surface area contributed by atoms with E-state index in [-0.39, 0.29) is 17.5 Å². The zero-order valence-electron chi connectivity index (χ0n) is 24.6. The molecule has 4 saturated carbocycles. The molecule has 35 heavy (non-hydrogen) atoms. The molecule has 0 radical (unpaired) electrons. The lowest BCUT2D eigenvalue weighted by molar-refractivity contribution is -0.171. The van der Waals surface area contributed by atoms with Gasteiger partial charge in [0, 0.05) is 0 Å². The number of ether oxygens (including phenoxy) is 1. The summed E-state index contributed by atoms with van der Waals surface area (Å²) in [7, 11) is 0. The van der Waals surface area contributed by atoms with E-state index in [2.05, 4.69) is 41.5 Å². The smallest absolute Gasteiger partial charge is 0.311 e. The lowest BCUT2D eigenvalue weighted by Crippen LogP contribution is -2.54. The zero-order valence-corrected chi connectivity index (χ0v) is 24.6. The van der Waals surface area contributed by atoms with Gasteiger partial charge in [-0.2, -0.15) is 0 Å². The van der Waals surface area contributed by atoms with Crippen LogP contribution in [0.3, 0.4) is 0 Å². The molecule has 0 spiro atoms. The lowest BCUT2D eigenvalue weighted by atomic mass is 9.44. The van der Waals surface area contributed by atoms with Crippen LogP contribution in [0, 0.1) is 57.7 Å². The van der Waals surface area contributed by atoms with Crippen LogP contribution in [0.4, 0.5) is 0 Å². The van der Waals surface area contributed by atoms with Gasteiger partial charge in [-0.05, 0) is 130 Å². The normalized spacial score (nSPS) is 42.2. The number of hydrogen-bond donors (Lipinski definition) is 0. The fraction of sp³-hybridized carbons (Fsp3) is 0.970. The second-order valence-electron chi connectivity index (χ2n) is 15.2. The summed E-state index contributed by atoms with van der Waals surface area (Å²) in [5, 5.41) is 0. The third kappa shape index (κ3) is 5.12. The maximum absolute atomic E-state index is 12.8. The molecule has 202 valence electrons. The molecule has 0 bridgehead atoms. The Morgan fingerprint density at radius 1 is 0.914 bits per heavy atom. The van der Waals surface area contributed by atoms with Gasteiger partial charge in [0.1, 0.15) is 6.10 Å². The quantitative estimate of drug-likeness (QED) is 0.319. The molecule has 4 rings (SSSR count). The van der Waals surface area contributed by atoms with E-state index in [1.54, 1.807) is 0 Å². The monoisotopic (exact) mass is 486 g/mol. The molecule has 0 saturated heterocycles. The van der Waals surface area contributed by atoms with Crippen molar-refractivity contribution in [2.24, 2.45) is 57.7 Å². The first-order chi connectivity index (χ1) is 16.4. The van der Waals surface area contributed by atoms with Gasteiger partial charge in [-0.15, -0.1) is 0 Å². The Morgan fingerprint density at radius 2 is 1.60 bits per heavy atom. The average molecular weight is 487 g/mol. The predicted molar refractivity (Wildman–Crippen MR) is 147 cm³/mol. The van der Waals surface area contributed by atoms with Crippen molar-refractivity contribution in [1.29, 1.82) is 0 Å². The predicted octanol–water partition coefficient (Wildman–Crippen LogP) is 9.46. The van der Waals surface area contributed by atoms with E-state index in [0.717, 1.165) is 60.7 Å². The largest absolute Gasteiger partial charge is 0.462 e. The average Bonchev–Trinajstić information content (AvgIpc) is 3.16. The van der Waals surface area contributed by atoms with E-state index < -0.39 is 0 Å². The molecular weight excluding hydrogens is 428 g/mol. The number of esters is 1. The molecule has 0 aliphatic heterocycles. The van der Waals surface area contributed by atoms with E-state index in [0.29, 0.717) is 10.8 Å². The van der Waals surface area contributed by atoms with Crippen molar-refractivity contribution in [2.45, 2.75) is 145 Å². The van der Waals surface area contributed by atoms with Gasteiger partial charge in [0.15, 0.2) is 0 Å². The summed E-state index contributed by atoms with van der Waals surface area (Å²) in [5.41, 5.74) is 0.700. The van der Waals surface area contributed by atoms with Crippen molar-refractivity contribution in [2.75, 3.05) is 0 Å². The lowest BCUT2D eigenvalue weighted by Gasteiger charge is -2.61. The van der Waals surface area contributed by atoms with E-state index in [9.17, 15) is 4.79 Å². The van der Waals surface area contributed by atoms with Crippen LogP contribution in [0.25, 0.3) is 0 Å². The van der Waals surface area contributed by atoms with E-state index in [1.807, 2.05) is 13.8 Å². The van der Waals surface area contributed by atoms with Crippen LogP contribution >= 0.6 is 0 Å². The van der Waals surface area contributed by atoms with Gasteiger partial charge in [0.05, 0.1) is 5.41 Å². The van der Waals surface area contributed by atoms with E-state index >= 15 is 0 Å². The highest BCUT2D eigenvalue weighted by Crippen LogP contribution is 2.68. The minimum Gasteiger partial charge on any atom is -0.462 e.